The highest BCUT2D eigenvalue weighted by molar-refractivity contribution is 5.98. The molecule has 0 aliphatic carbocycles. The van der Waals surface area contributed by atoms with Crippen molar-refractivity contribution in [3.8, 4) is 11.5 Å². The normalized spacial score (nSPS) is 22.0. The van der Waals surface area contributed by atoms with E-state index in [-0.39, 0.29) is 5.92 Å². The molecule has 1 aromatic carbocycles. The summed E-state index contributed by atoms with van der Waals surface area (Å²) < 4.78 is 10.4. The molecule has 1 heterocycles. The average molecular weight is 279 g/mol. The number of amides is 1. The maximum atomic E-state index is 11.7. The molecule has 1 fully saturated rings. The van der Waals surface area contributed by atoms with Gasteiger partial charge in [-0.1, -0.05) is 6.07 Å². The van der Waals surface area contributed by atoms with Gasteiger partial charge in [0.2, 0.25) is 5.91 Å². The lowest BCUT2D eigenvalue weighted by Crippen LogP contribution is -2.44. The van der Waals surface area contributed by atoms with Gasteiger partial charge < -0.3 is 19.9 Å². The Balaban J connectivity index is 2.38. The highest BCUT2D eigenvalue weighted by Crippen LogP contribution is 2.36. The van der Waals surface area contributed by atoms with Crippen LogP contribution in [-0.4, -0.2) is 37.7 Å². The minimum atomic E-state index is -1.11. The molecule has 1 aliphatic heterocycles. The van der Waals surface area contributed by atoms with Crippen LogP contribution in [0.1, 0.15) is 17.9 Å². The van der Waals surface area contributed by atoms with Crippen LogP contribution in [0, 0.1) is 5.92 Å². The van der Waals surface area contributed by atoms with E-state index in [1.54, 1.807) is 18.2 Å². The molecule has 1 amide bonds. The number of hydrogen-bond donors (Lipinski definition) is 2. The van der Waals surface area contributed by atoms with Gasteiger partial charge in [0.15, 0.2) is 11.5 Å². The molecule has 1 aliphatic rings. The Morgan fingerprint density at radius 1 is 1.30 bits per heavy atom. The van der Waals surface area contributed by atoms with Crippen LogP contribution in [0.15, 0.2) is 18.2 Å². The number of hydrogen-bond acceptors (Lipinski definition) is 4. The summed E-state index contributed by atoms with van der Waals surface area (Å²) in [6.07, 6.45) is 0.582. The van der Waals surface area contributed by atoms with Crippen LogP contribution in [0.4, 0.5) is 0 Å². The Morgan fingerprint density at radius 2 is 2.00 bits per heavy atom. The van der Waals surface area contributed by atoms with Crippen LogP contribution in [0.3, 0.4) is 0 Å². The molecule has 2 unspecified atom stereocenters. The van der Waals surface area contributed by atoms with Gasteiger partial charge >= 0.3 is 5.97 Å². The number of ether oxygens (including phenoxy) is 2. The summed E-state index contributed by atoms with van der Waals surface area (Å²) >= 11 is 0. The van der Waals surface area contributed by atoms with Crippen LogP contribution >= 0.6 is 0 Å². The molecule has 1 saturated heterocycles. The smallest absolute Gasteiger partial charge is 0.316 e. The van der Waals surface area contributed by atoms with Crippen LogP contribution in [-0.2, 0) is 9.59 Å². The summed E-state index contributed by atoms with van der Waals surface area (Å²) in [6.45, 7) is 0.474. The van der Waals surface area contributed by atoms with Gasteiger partial charge in [-0.2, -0.15) is 0 Å². The predicted octanol–water partition coefficient (Wildman–Crippen LogP) is 1.01. The second kappa shape index (κ2) is 5.81. The van der Waals surface area contributed by atoms with Crippen LogP contribution in [0.25, 0.3) is 0 Å². The Morgan fingerprint density at radius 3 is 2.60 bits per heavy atom. The quantitative estimate of drug-likeness (QED) is 0.803. The topological polar surface area (TPSA) is 84.9 Å². The van der Waals surface area contributed by atoms with Crippen molar-refractivity contribution in [2.75, 3.05) is 20.8 Å². The molecule has 2 N–H and O–H groups in total. The lowest BCUT2D eigenvalue weighted by atomic mass is 9.80. The van der Waals surface area contributed by atoms with Crippen molar-refractivity contribution in [2.24, 2.45) is 5.92 Å². The molecule has 108 valence electrons. The Kier molecular flexibility index (Phi) is 4.12. The number of carbonyl (C=O) groups excluding carboxylic acids is 1. The van der Waals surface area contributed by atoms with Gasteiger partial charge in [-0.15, -0.1) is 0 Å². The fourth-order valence-corrected chi connectivity index (χ4v) is 2.54. The maximum Gasteiger partial charge on any atom is 0.316 e. The third-order valence-corrected chi connectivity index (χ3v) is 3.54. The molecule has 20 heavy (non-hydrogen) atoms. The second-order valence-electron chi connectivity index (χ2n) is 4.62. The zero-order valence-electron chi connectivity index (χ0n) is 11.4. The molecule has 1 aromatic rings. The molecule has 0 saturated carbocycles. The van der Waals surface area contributed by atoms with Crippen molar-refractivity contribution in [1.29, 1.82) is 0 Å². The highest BCUT2D eigenvalue weighted by Gasteiger charge is 2.38. The number of benzene rings is 1. The van der Waals surface area contributed by atoms with Gasteiger partial charge in [-0.05, 0) is 24.1 Å². The summed E-state index contributed by atoms with van der Waals surface area (Å²) in [7, 11) is 3.05. The monoisotopic (exact) mass is 279 g/mol. The van der Waals surface area contributed by atoms with E-state index < -0.39 is 17.8 Å². The van der Waals surface area contributed by atoms with Crippen molar-refractivity contribution in [2.45, 2.75) is 12.3 Å². The van der Waals surface area contributed by atoms with E-state index in [9.17, 15) is 14.7 Å². The van der Waals surface area contributed by atoms with Gasteiger partial charge in [0.05, 0.1) is 14.2 Å². The number of rotatable bonds is 4. The third kappa shape index (κ3) is 2.54. The summed E-state index contributed by atoms with van der Waals surface area (Å²) in [5.74, 6) is -1.88. The number of carbonyl (C=O) groups is 2. The van der Waals surface area contributed by atoms with Crippen LogP contribution < -0.4 is 14.8 Å². The number of aliphatic carboxylic acids is 1. The van der Waals surface area contributed by atoms with E-state index in [0.717, 1.165) is 5.56 Å². The van der Waals surface area contributed by atoms with Crippen molar-refractivity contribution in [3.05, 3.63) is 23.8 Å². The fraction of sp³-hybridized carbons (Fsp3) is 0.429. The van der Waals surface area contributed by atoms with Crippen molar-refractivity contribution in [1.82, 2.24) is 5.32 Å². The maximum absolute atomic E-state index is 11.7. The van der Waals surface area contributed by atoms with Crippen LogP contribution in [0.5, 0.6) is 11.5 Å². The molecule has 0 radical (unpaired) electrons. The minimum Gasteiger partial charge on any atom is -0.493 e. The van der Waals surface area contributed by atoms with Crippen LogP contribution in [0.2, 0.25) is 0 Å². The number of carboxylic acids is 1. The summed E-state index contributed by atoms with van der Waals surface area (Å²) in [4.78, 5) is 23.1. The summed E-state index contributed by atoms with van der Waals surface area (Å²) in [5.41, 5.74) is 0.768. The SMILES string of the molecule is COc1ccc(C2CCNC(=O)C2C(=O)O)cc1OC. The number of nitrogens with one attached hydrogen (secondary N) is 1. The van der Waals surface area contributed by atoms with E-state index in [0.29, 0.717) is 24.5 Å². The third-order valence-electron chi connectivity index (χ3n) is 3.54. The molecule has 2 atom stereocenters. The van der Waals surface area contributed by atoms with E-state index in [2.05, 4.69) is 5.32 Å². The Bertz CT molecular complexity index is 528. The lowest BCUT2D eigenvalue weighted by molar-refractivity contribution is -0.149. The molecule has 6 heteroatoms. The summed E-state index contributed by atoms with van der Waals surface area (Å²) in [6, 6.07) is 5.23. The first-order chi connectivity index (χ1) is 9.58. The van der Waals surface area contributed by atoms with E-state index in [1.807, 2.05) is 0 Å². The van der Waals surface area contributed by atoms with Crippen molar-refractivity contribution in [3.63, 3.8) is 0 Å². The van der Waals surface area contributed by atoms with Gasteiger partial charge in [-0.25, -0.2) is 0 Å². The second-order valence-corrected chi connectivity index (χ2v) is 4.62. The number of carboxylic acid groups (broad SMARTS) is 1. The first kappa shape index (κ1) is 14.2. The van der Waals surface area contributed by atoms with Crippen molar-refractivity contribution < 1.29 is 24.2 Å². The first-order valence-corrected chi connectivity index (χ1v) is 6.31. The Labute approximate surface area is 116 Å². The molecule has 0 spiro atoms. The largest absolute Gasteiger partial charge is 0.493 e. The summed E-state index contributed by atoms with van der Waals surface area (Å²) in [5, 5.41) is 11.8. The Hall–Kier alpha value is -2.24. The molecular formula is C14H17NO5. The van der Waals surface area contributed by atoms with E-state index in [1.165, 1.54) is 14.2 Å². The van der Waals surface area contributed by atoms with Gasteiger partial charge in [0.25, 0.3) is 0 Å². The minimum absolute atomic E-state index is 0.360. The molecule has 2 rings (SSSR count). The zero-order chi connectivity index (χ0) is 14.7. The molecular weight excluding hydrogens is 262 g/mol. The van der Waals surface area contributed by atoms with Gasteiger partial charge in [-0.3, -0.25) is 9.59 Å². The van der Waals surface area contributed by atoms with Crippen molar-refractivity contribution >= 4 is 11.9 Å². The molecule has 6 nitrogen and oxygen atoms in total. The zero-order valence-corrected chi connectivity index (χ0v) is 11.4. The van der Waals surface area contributed by atoms with E-state index in [4.69, 9.17) is 9.47 Å². The molecule has 0 bridgehead atoms. The first-order valence-electron chi connectivity index (χ1n) is 6.31. The van der Waals surface area contributed by atoms with Gasteiger partial charge in [0, 0.05) is 12.5 Å². The molecule has 0 aromatic heterocycles. The average Bonchev–Trinajstić information content (AvgIpc) is 2.45. The number of methoxy groups -OCH3 is 2. The fourth-order valence-electron chi connectivity index (χ4n) is 2.54. The standard InChI is InChI=1S/C14H17NO5/c1-19-10-4-3-8(7-11(10)20-2)9-5-6-15-13(16)12(9)14(17)18/h3-4,7,9,12H,5-6H2,1-2H3,(H,15,16)(H,17,18). The predicted molar refractivity (Wildman–Crippen MR) is 71.0 cm³/mol. The highest BCUT2D eigenvalue weighted by atomic mass is 16.5. The lowest BCUT2D eigenvalue weighted by Gasteiger charge is -2.29. The van der Waals surface area contributed by atoms with Gasteiger partial charge in [0.1, 0.15) is 5.92 Å². The van der Waals surface area contributed by atoms with E-state index >= 15 is 0 Å². The number of piperidine rings is 1.